The Labute approximate surface area is 182 Å². The predicted octanol–water partition coefficient (Wildman–Crippen LogP) is 4.53. The van der Waals surface area contributed by atoms with Crippen molar-refractivity contribution in [3.05, 3.63) is 108 Å². The molecule has 2 amide bonds. The minimum Gasteiger partial charge on any atom is -0.497 e. The predicted molar refractivity (Wildman–Crippen MR) is 121 cm³/mol. The number of amides is 2. The number of methoxy groups -OCH3 is 1. The Hall–Kier alpha value is -3.86. The molecule has 2 unspecified atom stereocenters. The summed E-state index contributed by atoms with van der Waals surface area (Å²) in [6, 6.07) is 26.0. The van der Waals surface area contributed by atoms with E-state index in [0.29, 0.717) is 11.3 Å². The summed E-state index contributed by atoms with van der Waals surface area (Å²) in [5, 5.41) is 3.02. The Kier molecular flexibility index (Phi) is 5.58. The van der Waals surface area contributed by atoms with Crippen molar-refractivity contribution in [3.63, 3.8) is 0 Å². The van der Waals surface area contributed by atoms with E-state index in [2.05, 4.69) is 5.32 Å². The second kappa shape index (κ2) is 8.48. The van der Waals surface area contributed by atoms with Crippen LogP contribution in [0.25, 0.3) is 0 Å². The molecule has 3 aromatic rings. The van der Waals surface area contributed by atoms with Crippen molar-refractivity contribution in [1.29, 1.82) is 0 Å². The van der Waals surface area contributed by atoms with Crippen molar-refractivity contribution in [3.8, 4) is 5.75 Å². The quantitative estimate of drug-likeness (QED) is 0.670. The van der Waals surface area contributed by atoms with Crippen LogP contribution in [-0.2, 0) is 4.79 Å². The van der Waals surface area contributed by atoms with Gasteiger partial charge in [-0.3, -0.25) is 14.5 Å². The van der Waals surface area contributed by atoms with Crippen LogP contribution in [-0.4, -0.2) is 24.5 Å². The number of hydrogen-bond acceptors (Lipinski definition) is 3. The molecule has 5 heteroatoms. The normalized spacial score (nSPS) is 20.4. The molecule has 5 nitrogen and oxygen atoms in total. The lowest BCUT2D eigenvalue weighted by molar-refractivity contribution is -0.124. The van der Waals surface area contributed by atoms with Gasteiger partial charge in [0.15, 0.2) is 0 Å². The molecule has 1 aliphatic rings. The van der Waals surface area contributed by atoms with Crippen LogP contribution in [0.5, 0.6) is 5.75 Å². The second-order valence-electron chi connectivity index (χ2n) is 7.63. The average Bonchev–Trinajstić information content (AvgIpc) is 2.82. The number of carbonyl (C=O) groups excluding carboxylic acids is 2. The van der Waals surface area contributed by atoms with Gasteiger partial charge in [-0.1, -0.05) is 54.6 Å². The number of carbonyl (C=O) groups is 2. The van der Waals surface area contributed by atoms with Gasteiger partial charge < -0.3 is 10.1 Å². The average molecular weight is 412 g/mol. The van der Waals surface area contributed by atoms with Crippen molar-refractivity contribution >= 4 is 17.5 Å². The van der Waals surface area contributed by atoms with E-state index in [1.165, 1.54) is 0 Å². The smallest absolute Gasteiger partial charge is 0.257 e. The zero-order valence-electron chi connectivity index (χ0n) is 17.5. The Balaban J connectivity index is 1.72. The molecule has 0 bridgehead atoms. The molecule has 3 aromatic carbocycles. The van der Waals surface area contributed by atoms with Gasteiger partial charge in [0, 0.05) is 23.4 Å². The van der Waals surface area contributed by atoms with Crippen molar-refractivity contribution in [2.45, 2.75) is 18.4 Å². The van der Waals surface area contributed by atoms with Crippen LogP contribution >= 0.6 is 0 Å². The van der Waals surface area contributed by atoms with Crippen molar-refractivity contribution in [2.75, 3.05) is 12.0 Å². The van der Waals surface area contributed by atoms with Crippen LogP contribution in [0.15, 0.2) is 97.2 Å². The molecule has 0 fully saturated rings. The van der Waals surface area contributed by atoms with E-state index in [4.69, 9.17) is 4.74 Å². The molecular weight excluding hydrogens is 388 g/mol. The summed E-state index contributed by atoms with van der Waals surface area (Å²) < 4.78 is 5.17. The van der Waals surface area contributed by atoms with E-state index >= 15 is 0 Å². The standard InChI is InChI=1S/C26H24N2O3/c1-26(27-24(29)20-13-15-22(31-2)16-14-20)23(19-9-5-3-6-10-19)17-18-28(25(26)30)21-11-7-4-8-12-21/h3-18,23H,1-2H3,(H,27,29). The second-order valence-corrected chi connectivity index (χ2v) is 7.63. The number of nitrogens with zero attached hydrogens (tertiary/aromatic N) is 1. The number of anilines is 1. The minimum atomic E-state index is -1.18. The van der Waals surface area contributed by atoms with Crippen molar-refractivity contribution in [1.82, 2.24) is 5.32 Å². The van der Waals surface area contributed by atoms with E-state index in [0.717, 1.165) is 11.3 Å². The third-order valence-electron chi connectivity index (χ3n) is 5.63. The Morgan fingerprint density at radius 3 is 2.16 bits per heavy atom. The van der Waals surface area contributed by atoms with Gasteiger partial charge in [0.1, 0.15) is 11.3 Å². The van der Waals surface area contributed by atoms with E-state index in [1.807, 2.05) is 66.7 Å². The van der Waals surface area contributed by atoms with E-state index in [1.54, 1.807) is 49.4 Å². The van der Waals surface area contributed by atoms with E-state index in [9.17, 15) is 9.59 Å². The third kappa shape index (κ3) is 3.94. The third-order valence-corrected chi connectivity index (χ3v) is 5.63. The molecule has 0 aromatic heterocycles. The number of rotatable bonds is 5. The lowest BCUT2D eigenvalue weighted by Gasteiger charge is -2.42. The SMILES string of the molecule is COc1ccc(C(=O)NC2(C)C(=O)N(c3ccccc3)C=CC2c2ccccc2)cc1. The molecule has 2 atom stereocenters. The van der Waals surface area contributed by atoms with Crippen LogP contribution in [0.1, 0.15) is 28.8 Å². The Bertz CT molecular complexity index is 1090. The van der Waals surface area contributed by atoms with Gasteiger partial charge in [-0.2, -0.15) is 0 Å². The lowest BCUT2D eigenvalue weighted by atomic mass is 9.77. The first kappa shape index (κ1) is 20.4. The maximum absolute atomic E-state index is 13.7. The highest BCUT2D eigenvalue weighted by atomic mass is 16.5. The van der Waals surface area contributed by atoms with Crippen LogP contribution < -0.4 is 15.0 Å². The van der Waals surface area contributed by atoms with Gasteiger partial charge in [-0.05, 0) is 48.9 Å². The molecule has 0 spiro atoms. The summed E-state index contributed by atoms with van der Waals surface area (Å²) in [5.74, 6) is -0.167. The van der Waals surface area contributed by atoms with Gasteiger partial charge in [-0.15, -0.1) is 0 Å². The highest BCUT2D eigenvalue weighted by Gasteiger charge is 2.47. The zero-order chi connectivity index (χ0) is 21.8. The van der Waals surface area contributed by atoms with Gasteiger partial charge in [0.2, 0.25) is 0 Å². The minimum absolute atomic E-state index is 0.197. The molecule has 0 radical (unpaired) electrons. The van der Waals surface area contributed by atoms with E-state index < -0.39 is 5.54 Å². The van der Waals surface area contributed by atoms with E-state index in [-0.39, 0.29) is 17.7 Å². The van der Waals surface area contributed by atoms with Gasteiger partial charge in [0.25, 0.3) is 11.8 Å². The fourth-order valence-corrected chi connectivity index (χ4v) is 3.89. The summed E-state index contributed by atoms with van der Waals surface area (Å²) in [6.45, 7) is 1.79. The molecule has 1 N–H and O–H groups in total. The molecule has 1 aliphatic heterocycles. The number of ether oxygens (including phenoxy) is 1. The fourth-order valence-electron chi connectivity index (χ4n) is 3.89. The number of para-hydroxylation sites is 1. The first-order valence-corrected chi connectivity index (χ1v) is 10.1. The van der Waals surface area contributed by atoms with Gasteiger partial charge >= 0.3 is 0 Å². The van der Waals surface area contributed by atoms with Gasteiger partial charge in [-0.25, -0.2) is 0 Å². The molecule has 156 valence electrons. The highest BCUT2D eigenvalue weighted by Crippen LogP contribution is 2.37. The maximum Gasteiger partial charge on any atom is 0.257 e. The maximum atomic E-state index is 13.7. The van der Waals surface area contributed by atoms with Crippen molar-refractivity contribution < 1.29 is 14.3 Å². The fraction of sp³-hybridized carbons (Fsp3) is 0.154. The molecule has 31 heavy (non-hydrogen) atoms. The molecule has 0 saturated heterocycles. The monoisotopic (exact) mass is 412 g/mol. The largest absolute Gasteiger partial charge is 0.497 e. The summed E-state index contributed by atoms with van der Waals surface area (Å²) >= 11 is 0. The first-order valence-electron chi connectivity index (χ1n) is 10.1. The molecule has 0 saturated carbocycles. The highest BCUT2D eigenvalue weighted by molar-refractivity contribution is 6.07. The van der Waals surface area contributed by atoms with Crippen molar-refractivity contribution in [2.24, 2.45) is 0 Å². The molecule has 4 rings (SSSR count). The topological polar surface area (TPSA) is 58.6 Å². The Morgan fingerprint density at radius 2 is 1.55 bits per heavy atom. The summed E-state index contributed by atoms with van der Waals surface area (Å²) in [7, 11) is 1.58. The summed E-state index contributed by atoms with van der Waals surface area (Å²) in [6.07, 6.45) is 3.76. The molecular formula is C26H24N2O3. The Morgan fingerprint density at radius 1 is 0.935 bits per heavy atom. The van der Waals surface area contributed by atoms with Crippen LogP contribution in [0.4, 0.5) is 5.69 Å². The molecule has 0 aliphatic carbocycles. The van der Waals surface area contributed by atoms with Crippen LogP contribution in [0, 0.1) is 0 Å². The summed E-state index contributed by atoms with van der Waals surface area (Å²) in [5.41, 5.74) is 0.989. The van der Waals surface area contributed by atoms with Crippen LogP contribution in [0.3, 0.4) is 0 Å². The number of benzene rings is 3. The molecule has 1 heterocycles. The number of nitrogens with one attached hydrogen (secondary N) is 1. The zero-order valence-corrected chi connectivity index (χ0v) is 17.5. The first-order chi connectivity index (χ1) is 15.0. The van der Waals surface area contributed by atoms with Crippen LogP contribution in [0.2, 0.25) is 0 Å². The lowest BCUT2D eigenvalue weighted by Crippen LogP contribution is -2.61. The number of hydrogen-bond donors (Lipinski definition) is 1. The summed E-state index contributed by atoms with van der Waals surface area (Å²) in [4.78, 5) is 28.5. The van der Waals surface area contributed by atoms with Gasteiger partial charge in [0.05, 0.1) is 7.11 Å².